The van der Waals surface area contributed by atoms with Gasteiger partial charge in [-0.25, -0.2) is 8.42 Å². The molecule has 1 aliphatic rings. The average molecular weight is 332 g/mol. The summed E-state index contributed by atoms with van der Waals surface area (Å²) in [6.45, 7) is 4.21. The number of halogens is 1. The lowest BCUT2D eigenvalue weighted by molar-refractivity contribution is -0.117. The molecule has 2 rings (SSSR count). The van der Waals surface area contributed by atoms with Gasteiger partial charge in [0, 0.05) is 41.3 Å². The van der Waals surface area contributed by atoms with Crippen molar-refractivity contribution in [3.05, 3.63) is 24.3 Å². The van der Waals surface area contributed by atoms with Crippen molar-refractivity contribution in [3.63, 3.8) is 0 Å². The highest BCUT2D eigenvalue weighted by atomic mass is 35.7. The van der Waals surface area contributed by atoms with Crippen molar-refractivity contribution in [1.29, 1.82) is 0 Å². The minimum Gasteiger partial charge on any atom is -0.491 e. The van der Waals surface area contributed by atoms with Crippen molar-refractivity contribution in [2.45, 2.75) is 26.4 Å². The fourth-order valence-corrected chi connectivity index (χ4v) is 3.74. The number of amides is 1. The van der Waals surface area contributed by atoms with E-state index in [9.17, 15) is 13.2 Å². The molecule has 21 heavy (non-hydrogen) atoms. The molecule has 0 spiro atoms. The van der Waals surface area contributed by atoms with Gasteiger partial charge in [0.25, 0.3) is 0 Å². The number of nitrogens with zero attached hydrogens (tertiary/aromatic N) is 1. The molecule has 1 fully saturated rings. The van der Waals surface area contributed by atoms with Gasteiger partial charge in [0.2, 0.25) is 15.0 Å². The first-order valence-corrected chi connectivity index (χ1v) is 9.22. The number of carbonyl (C=O) groups is 1. The van der Waals surface area contributed by atoms with Crippen LogP contribution in [0.25, 0.3) is 0 Å². The van der Waals surface area contributed by atoms with Gasteiger partial charge in [-0.1, -0.05) is 6.07 Å². The molecule has 0 aliphatic carbocycles. The third-order valence-electron chi connectivity index (χ3n) is 3.14. The van der Waals surface area contributed by atoms with E-state index >= 15 is 0 Å². The molecule has 0 bridgehead atoms. The van der Waals surface area contributed by atoms with E-state index in [1.807, 2.05) is 32.0 Å². The van der Waals surface area contributed by atoms with Crippen LogP contribution in [0.4, 0.5) is 5.69 Å². The zero-order valence-electron chi connectivity index (χ0n) is 12.0. The van der Waals surface area contributed by atoms with E-state index in [1.165, 1.54) is 0 Å². The Balaban J connectivity index is 2.13. The molecule has 0 radical (unpaired) electrons. The summed E-state index contributed by atoms with van der Waals surface area (Å²) in [4.78, 5) is 13.6. The Kier molecular flexibility index (Phi) is 4.78. The molecule has 1 aliphatic heterocycles. The number of hydrogen-bond donors (Lipinski definition) is 0. The Labute approximate surface area is 129 Å². The summed E-state index contributed by atoms with van der Waals surface area (Å²) in [6, 6.07) is 7.23. The lowest BCUT2D eigenvalue weighted by Gasteiger charge is -2.18. The van der Waals surface area contributed by atoms with Crippen LogP contribution in [0.5, 0.6) is 5.75 Å². The van der Waals surface area contributed by atoms with Crippen LogP contribution >= 0.6 is 10.7 Å². The molecule has 1 saturated heterocycles. The summed E-state index contributed by atoms with van der Waals surface area (Å²) in [7, 11) is 1.67. The smallest absolute Gasteiger partial charge is 0.232 e. The van der Waals surface area contributed by atoms with E-state index in [4.69, 9.17) is 15.4 Å². The summed E-state index contributed by atoms with van der Waals surface area (Å²) >= 11 is 0. The van der Waals surface area contributed by atoms with Gasteiger partial charge in [0.15, 0.2) is 0 Å². The number of benzene rings is 1. The van der Waals surface area contributed by atoms with Gasteiger partial charge in [0.1, 0.15) is 5.75 Å². The monoisotopic (exact) mass is 331 g/mol. The lowest BCUT2D eigenvalue weighted by Crippen LogP contribution is -2.25. The molecule has 1 aromatic carbocycles. The Morgan fingerprint density at radius 2 is 2.14 bits per heavy atom. The van der Waals surface area contributed by atoms with E-state index < -0.39 is 9.05 Å². The molecule has 116 valence electrons. The van der Waals surface area contributed by atoms with Crippen LogP contribution in [0, 0.1) is 5.92 Å². The van der Waals surface area contributed by atoms with Crippen LogP contribution < -0.4 is 9.64 Å². The first-order valence-electron chi connectivity index (χ1n) is 6.74. The van der Waals surface area contributed by atoms with Gasteiger partial charge in [-0.15, -0.1) is 0 Å². The molecule has 0 aromatic heterocycles. The Morgan fingerprint density at radius 1 is 1.43 bits per heavy atom. The highest BCUT2D eigenvalue weighted by Gasteiger charge is 2.33. The Morgan fingerprint density at radius 3 is 2.76 bits per heavy atom. The van der Waals surface area contributed by atoms with Crippen molar-refractivity contribution in [2.75, 3.05) is 17.2 Å². The van der Waals surface area contributed by atoms with Crippen molar-refractivity contribution in [3.8, 4) is 5.75 Å². The van der Waals surface area contributed by atoms with Gasteiger partial charge in [-0.05, 0) is 26.0 Å². The van der Waals surface area contributed by atoms with Gasteiger partial charge < -0.3 is 9.64 Å². The maximum Gasteiger partial charge on any atom is 0.232 e. The van der Waals surface area contributed by atoms with Crippen LogP contribution in [-0.4, -0.2) is 32.7 Å². The number of rotatable bonds is 5. The van der Waals surface area contributed by atoms with Crippen LogP contribution in [0.1, 0.15) is 20.3 Å². The zero-order chi connectivity index (χ0) is 15.6. The number of anilines is 1. The second kappa shape index (κ2) is 6.23. The highest BCUT2D eigenvalue weighted by molar-refractivity contribution is 8.13. The molecule has 1 aromatic rings. The number of hydrogen-bond acceptors (Lipinski definition) is 4. The summed E-state index contributed by atoms with van der Waals surface area (Å²) in [5.41, 5.74) is 0.715. The SMILES string of the molecule is CC(C)Oc1cccc(N2CC(CS(=O)(=O)Cl)CC2=O)c1. The van der Waals surface area contributed by atoms with Crippen LogP contribution in [0.3, 0.4) is 0 Å². The van der Waals surface area contributed by atoms with Gasteiger partial charge in [-0.3, -0.25) is 4.79 Å². The highest BCUT2D eigenvalue weighted by Crippen LogP contribution is 2.29. The molecule has 1 atom stereocenters. The summed E-state index contributed by atoms with van der Waals surface area (Å²) in [5, 5.41) is 0. The van der Waals surface area contributed by atoms with E-state index in [2.05, 4.69) is 0 Å². The fraction of sp³-hybridized carbons (Fsp3) is 0.500. The predicted molar refractivity (Wildman–Crippen MR) is 82.3 cm³/mol. The second-order valence-electron chi connectivity index (χ2n) is 5.44. The molecule has 1 amide bonds. The molecule has 0 N–H and O–H groups in total. The third-order valence-corrected chi connectivity index (χ3v) is 4.39. The van der Waals surface area contributed by atoms with Crippen molar-refractivity contribution in [2.24, 2.45) is 5.92 Å². The topological polar surface area (TPSA) is 63.7 Å². The number of carbonyl (C=O) groups excluding carboxylic acids is 1. The normalized spacial score (nSPS) is 19.3. The largest absolute Gasteiger partial charge is 0.491 e. The lowest BCUT2D eigenvalue weighted by atomic mass is 10.1. The molecule has 7 heteroatoms. The van der Waals surface area contributed by atoms with Gasteiger partial charge in [0.05, 0.1) is 11.9 Å². The third kappa shape index (κ3) is 4.61. The van der Waals surface area contributed by atoms with Crippen LogP contribution in [-0.2, 0) is 13.8 Å². The molecular weight excluding hydrogens is 314 g/mol. The molecule has 5 nitrogen and oxygen atoms in total. The van der Waals surface area contributed by atoms with E-state index in [0.717, 1.165) is 0 Å². The van der Waals surface area contributed by atoms with Gasteiger partial charge in [-0.2, -0.15) is 0 Å². The zero-order valence-corrected chi connectivity index (χ0v) is 13.5. The molecule has 1 unspecified atom stereocenters. The summed E-state index contributed by atoms with van der Waals surface area (Å²) in [5.74, 6) is 0.138. The molecular formula is C14H18ClNO4S. The van der Waals surface area contributed by atoms with Crippen LogP contribution in [0.2, 0.25) is 0 Å². The Hall–Kier alpha value is -1.27. The number of ether oxygens (including phenoxy) is 1. The summed E-state index contributed by atoms with van der Waals surface area (Å²) in [6.07, 6.45) is 0.241. The quantitative estimate of drug-likeness (QED) is 0.777. The average Bonchev–Trinajstić information content (AvgIpc) is 2.67. The van der Waals surface area contributed by atoms with E-state index in [-0.39, 0.29) is 30.1 Å². The first-order chi connectivity index (χ1) is 9.74. The molecule has 1 heterocycles. The Bertz CT molecular complexity index is 630. The minimum atomic E-state index is -3.59. The minimum absolute atomic E-state index is 0.0451. The van der Waals surface area contributed by atoms with E-state index in [1.54, 1.807) is 11.0 Å². The molecule has 0 saturated carbocycles. The van der Waals surface area contributed by atoms with Crippen molar-refractivity contribution < 1.29 is 17.9 Å². The van der Waals surface area contributed by atoms with Crippen molar-refractivity contribution >= 4 is 31.3 Å². The van der Waals surface area contributed by atoms with E-state index in [0.29, 0.717) is 18.0 Å². The first kappa shape index (κ1) is 16.1. The fourth-order valence-electron chi connectivity index (χ4n) is 2.42. The van der Waals surface area contributed by atoms with Crippen LogP contribution in [0.15, 0.2) is 24.3 Å². The van der Waals surface area contributed by atoms with Gasteiger partial charge >= 0.3 is 0 Å². The van der Waals surface area contributed by atoms with Crippen molar-refractivity contribution in [1.82, 2.24) is 0 Å². The summed E-state index contributed by atoms with van der Waals surface area (Å²) < 4.78 is 27.9. The maximum atomic E-state index is 12.1. The second-order valence-corrected chi connectivity index (χ2v) is 8.27. The maximum absolute atomic E-state index is 12.1. The standard InChI is InChI=1S/C14H18ClNO4S/c1-10(2)20-13-5-3-4-12(7-13)16-8-11(6-14(16)17)9-21(15,18)19/h3-5,7,10-11H,6,8-9H2,1-2H3. The predicted octanol–water partition coefficient (Wildman–Crippen LogP) is 2.40.